The zero-order valence-corrected chi connectivity index (χ0v) is 22.9. The van der Waals surface area contributed by atoms with Crippen LogP contribution in [-0.2, 0) is 9.31 Å². The molecule has 1 unspecified atom stereocenters. The minimum atomic E-state index is -0.362. The second kappa shape index (κ2) is 8.04. The highest BCUT2D eigenvalue weighted by Crippen LogP contribution is 2.43. The van der Waals surface area contributed by atoms with E-state index in [9.17, 15) is 0 Å². The fraction of sp³-hybridized carbons (Fsp3) is 0.273. The first-order valence-corrected chi connectivity index (χ1v) is 14.1. The lowest BCUT2D eigenvalue weighted by molar-refractivity contribution is 0.00578. The van der Waals surface area contributed by atoms with E-state index in [-0.39, 0.29) is 18.3 Å². The molecular formula is C33H31BO2S. The van der Waals surface area contributed by atoms with Crippen LogP contribution in [0.15, 0.2) is 72.8 Å². The molecule has 0 spiro atoms. The molecule has 4 heteroatoms. The van der Waals surface area contributed by atoms with Gasteiger partial charge in [-0.1, -0.05) is 61.5 Å². The van der Waals surface area contributed by atoms with Crippen LogP contribution in [0.4, 0.5) is 0 Å². The van der Waals surface area contributed by atoms with Crippen molar-refractivity contribution in [3.8, 4) is 11.1 Å². The molecule has 1 aliphatic heterocycles. The average molecular weight is 502 g/mol. The predicted octanol–water partition coefficient (Wildman–Crippen LogP) is 8.69. The van der Waals surface area contributed by atoms with Crippen molar-refractivity contribution in [1.29, 1.82) is 0 Å². The molecule has 184 valence electrons. The van der Waals surface area contributed by atoms with E-state index in [1.807, 2.05) is 11.3 Å². The second-order valence-corrected chi connectivity index (χ2v) is 12.7. The fourth-order valence-electron chi connectivity index (χ4n) is 5.94. The molecule has 0 radical (unpaired) electrons. The summed E-state index contributed by atoms with van der Waals surface area (Å²) in [6.07, 6.45) is 5.62. The third kappa shape index (κ3) is 3.54. The lowest BCUT2D eigenvalue weighted by atomic mass is 9.70. The van der Waals surface area contributed by atoms with Gasteiger partial charge in [-0.25, -0.2) is 0 Å². The number of hydrogen-bond donors (Lipinski definition) is 0. The molecule has 1 fully saturated rings. The van der Waals surface area contributed by atoms with Crippen LogP contribution < -0.4 is 5.46 Å². The Morgan fingerprint density at radius 2 is 1.51 bits per heavy atom. The maximum absolute atomic E-state index is 6.47. The lowest BCUT2D eigenvalue weighted by Gasteiger charge is -2.32. The Morgan fingerprint density at radius 1 is 0.811 bits per heavy atom. The van der Waals surface area contributed by atoms with Crippen molar-refractivity contribution >= 4 is 60.9 Å². The van der Waals surface area contributed by atoms with Gasteiger partial charge in [-0.05, 0) is 103 Å². The molecule has 0 N–H and O–H groups in total. The molecule has 4 aromatic carbocycles. The Hall–Kier alpha value is -2.92. The third-order valence-corrected chi connectivity index (χ3v) is 9.88. The van der Waals surface area contributed by atoms with Crippen molar-refractivity contribution in [2.75, 3.05) is 0 Å². The minimum absolute atomic E-state index is 0.359. The summed E-state index contributed by atoms with van der Waals surface area (Å²) in [6, 6.07) is 24.9. The normalized spacial score (nSPS) is 20.2. The van der Waals surface area contributed by atoms with E-state index < -0.39 is 0 Å². The molecule has 1 atom stereocenters. The van der Waals surface area contributed by atoms with Gasteiger partial charge < -0.3 is 9.31 Å². The van der Waals surface area contributed by atoms with E-state index in [0.29, 0.717) is 5.92 Å². The van der Waals surface area contributed by atoms with Crippen LogP contribution in [0.2, 0.25) is 0 Å². The molecule has 0 saturated carbocycles. The molecule has 0 amide bonds. The molecule has 0 bridgehead atoms. The SMILES string of the molecule is CC1CC=Cc2c(B3OC(C)(C)C(C)(C)O3)ccc(-c3ccc4sc5cc6ccccc6cc5c4c3)c21. The lowest BCUT2D eigenvalue weighted by Crippen LogP contribution is -2.41. The maximum Gasteiger partial charge on any atom is 0.495 e. The Morgan fingerprint density at radius 3 is 2.27 bits per heavy atom. The highest BCUT2D eigenvalue weighted by atomic mass is 32.1. The summed E-state index contributed by atoms with van der Waals surface area (Å²) in [5.74, 6) is 0.427. The molecule has 7 rings (SSSR count). The molecule has 2 aliphatic rings. The number of allylic oxidation sites excluding steroid dienone is 1. The van der Waals surface area contributed by atoms with E-state index in [1.54, 1.807) is 0 Å². The number of rotatable bonds is 2. The first kappa shape index (κ1) is 23.2. The van der Waals surface area contributed by atoms with Gasteiger partial charge in [0.15, 0.2) is 0 Å². The fourth-order valence-corrected chi connectivity index (χ4v) is 7.05. The molecule has 2 nitrogen and oxygen atoms in total. The third-order valence-electron chi connectivity index (χ3n) is 8.74. The standard InChI is InChI=1S/C33H31BO2S/c1-20-9-8-12-25-28(34-35-32(2,3)33(4,5)36-34)15-14-24(31(20)25)23-13-16-29-26(18-23)27-17-21-10-6-7-11-22(21)19-30(27)37-29/h6-8,10-20H,9H2,1-5H3. The van der Waals surface area contributed by atoms with Crippen LogP contribution in [0.3, 0.4) is 0 Å². The molecule has 2 heterocycles. The highest BCUT2D eigenvalue weighted by molar-refractivity contribution is 7.25. The van der Waals surface area contributed by atoms with E-state index in [1.165, 1.54) is 53.2 Å². The van der Waals surface area contributed by atoms with E-state index in [0.717, 1.165) is 11.9 Å². The molecular weight excluding hydrogens is 471 g/mol. The average Bonchev–Trinajstić information content (AvgIpc) is 3.33. The van der Waals surface area contributed by atoms with Gasteiger partial charge in [0.2, 0.25) is 0 Å². The van der Waals surface area contributed by atoms with Gasteiger partial charge in [-0.15, -0.1) is 11.3 Å². The van der Waals surface area contributed by atoms with E-state index in [2.05, 4.69) is 114 Å². The van der Waals surface area contributed by atoms with Gasteiger partial charge in [0.25, 0.3) is 0 Å². The Kier molecular flexibility index (Phi) is 5.05. The van der Waals surface area contributed by atoms with E-state index in [4.69, 9.17) is 9.31 Å². The predicted molar refractivity (Wildman–Crippen MR) is 160 cm³/mol. The summed E-state index contributed by atoms with van der Waals surface area (Å²) in [4.78, 5) is 0. The van der Waals surface area contributed by atoms with Crippen molar-refractivity contribution in [2.24, 2.45) is 0 Å². The Balaban J connectivity index is 1.39. The quantitative estimate of drug-likeness (QED) is 0.225. The highest BCUT2D eigenvalue weighted by Gasteiger charge is 2.52. The van der Waals surface area contributed by atoms with Crippen molar-refractivity contribution in [1.82, 2.24) is 0 Å². The van der Waals surface area contributed by atoms with Crippen LogP contribution >= 0.6 is 11.3 Å². The minimum Gasteiger partial charge on any atom is -0.399 e. The van der Waals surface area contributed by atoms with Crippen LogP contribution in [0.1, 0.15) is 58.1 Å². The first-order valence-electron chi connectivity index (χ1n) is 13.3. The van der Waals surface area contributed by atoms with Gasteiger partial charge in [0, 0.05) is 20.2 Å². The molecule has 1 aromatic heterocycles. The van der Waals surface area contributed by atoms with Gasteiger partial charge in [-0.3, -0.25) is 0 Å². The van der Waals surface area contributed by atoms with E-state index >= 15 is 0 Å². The van der Waals surface area contributed by atoms with Crippen LogP contribution in [-0.4, -0.2) is 18.3 Å². The monoisotopic (exact) mass is 502 g/mol. The topological polar surface area (TPSA) is 18.5 Å². The number of benzene rings is 4. The summed E-state index contributed by atoms with van der Waals surface area (Å²) < 4.78 is 15.6. The summed E-state index contributed by atoms with van der Waals surface area (Å²) in [5, 5.41) is 5.28. The van der Waals surface area contributed by atoms with Crippen molar-refractivity contribution < 1.29 is 9.31 Å². The number of thiophene rings is 1. The largest absolute Gasteiger partial charge is 0.495 e. The summed E-state index contributed by atoms with van der Waals surface area (Å²) in [6.45, 7) is 10.8. The Labute approximate surface area is 223 Å². The molecule has 5 aromatic rings. The first-order chi connectivity index (χ1) is 17.7. The number of hydrogen-bond acceptors (Lipinski definition) is 3. The van der Waals surface area contributed by atoms with Gasteiger partial charge >= 0.3 is 7.12 Å². The zero-order valence-electron chi connectivity index (χ0n) is 22.1. The zero-order chi connectivity index (χ0) is 25.5. The van der Waals surface area contributed by atoms with Gasteiger partial charge in [0.05, 0.1) is 11.2 Å². The summed E-state index contributed by atoms with van der Waals surface area (Å²) in [5.41, 5.74) is 5.67. The van der Waals surface area contributed by atoms with Gasteiger partial charge in [-0.2, -0.15) is 0 Å². The van der Waals surface area contributed by atoms with Crippen LogP contribution in [0.5, 0.6) is 0 Å². The summed E-state index contributed by atoms with van der Waals surface area (Å²) in [7, 11) is -0.362. The van der Waals surface area contributed by atoms with Crippen molar-refractivity contribution in [3.05, 3.63) is 83.9 Å². The van der Waals surface area contributed by atoms with Crippen LogP contribution in [0, 0.1) is 0 Å². The Bertz CT molecular complexity index is 1730. The second-order valence-electron chi connectivity index (χ2n) is 11.7. The smallest absolute Gasteiger partial charge is 0.399 e. The van der Waals surface area contributed by atoms with Crippen molar-refractivity contribution in [3.63, 3.8) is 0 Å². The number of fused-ring (bicyclic) bond motifs is 5. The van der Waals surface area contributed by atoms with Crippen LogP contribution in [0.25, 0.3) is 48.1 Å². The summed E-state index contributed by atoms with van der Waals surface area (Å²) >= 11 is 1.88. The molecule has 1 saturated heterocycles. The van der Waals surface area contributed by atoms with Gasteiger partial charge in [0.1, 0.15) is 0 Å². The molecule has 1 aliphatic carbocycles. The maximum atomic E-state index is 6.47. The van der Waals surface area contributed by atoms with Crippen molar-refractivity contribution in [2.45, 2.75) is 58.2 Å². The molecule has 37 heavy (non-hydrogen) atoms.